The Kier molecular flexibility index (Phi) is 3.97. The van der Waals surface area contributed by atoms with Gasteiger partial charge in [0.15, 0.2) is 0 Å². The minimum atomic E-state index is 0.588. The lowest BCUT2D eigenvalue weighted by molar-refractivity contribution is 0.426. The number of aromatic nitrogens is 2. The third-order valence-electron chi connectivity index (χ3n) is 3.69. The van der Waals surface area contributed by atoms with Crippen LogP contribution in [0.1, 0.15) is 24.8 Å². The minimum absolute atomic E-state index is 0.588. The molecule has 0 saturated carbocycles. The summed E-state index contributed by atoms with van der Waals surface area (Å²) < 4.78 is 5.38. The second kappa shape index (κ2) is 6.05. The molecule has 1 fully saturated rings. The molecular formula is C15H20N4O. The van der Waals surface area contributed by atoms with Gasteiger partial charge in [0.2, 0.25) is 0 Å². The Bertz CT molecular complexity index is 543. The van der Waals surface area contributed by atoms with Crippen molar-refractivity contribution >= 4 is 5.95 Å². The number of hydrogen-bond donors (Lipinski definition) is 1. The number of nitrogens with zero attached hydrogens (tertiary/aromatic N) is 3. The van der Waals surface area contributed by atoms with Gasteiger partial charge in [-0.05, 0) is 55.1 Å². The van der Waals surface area contributed by atoms with Crippen LogP contribution in [-0.4, -0.2) is 29.8 Å². The molecule has 5 heteroatoms. The molecule has 2 heterocycles. The van der Waals surface area contributed by atoms with E-state index in [0.29, 0.717) is 18.4 Å². The standard InChI is InChI=1S/C15H20N4O/c16-9-8-12-4-6-13(7-5-12)14-17-15(18-20-14)19-10-2-1-3-11-19/h4-7H,1-3,8-11,16H2. The third kappa shape index (κ3) is 2.82. The van der Waals surface area contributed by atoms with E-state index in [1.54, 1.807) is 0 Å². The summed E-state index contributed by atoms with van der Waals surface area (Å²) in [5.41, 5.74) is 7.74. The van der Waals surface area contributed by atoms with Crippen molar-refractivity contribution in [1.82, 2.24) is 10.1 Å². The Labute approximate surface area is 118 Å². The molecule has 0 unspecified atom stereocenters. The van der Waals surface area contributed by atoms with Gasteiger partial charge in [0.05, 0.1) is 0 Å². The lowest BCUT2D eigenvalue weighted by Crippen LogP contribution is -2.30. The van der Waals surface area contributed by atoms with Gasteiger partial charge in [-0.25, -0.2) is 0 Å². The Morgan fingerprint density at radius 3 is 2.55 bits per heavy atom. The predicted octanol–water partition coefficient (Wildman–Crippen LogP) is 2.23. The van der Waals surface area contributed by atoms with Gasteiger partial charge in [0.25, 0.3) is 11.8 Å². The molecule has 5 nitrogen and oxygen atoms in total. The molecule has 2 N–H and O–H groups in total. The smallest absolute Gasteiger partial charge is 0.266 e. The summed E-state index contributed by atoms with van der Waals surface area (Å²) in [4.78, 5) is 6.70. The van der Waals surface area contributed by atoms with Crippen molar-refractivity contribution in [3.05, 3.63) is 29.8 Å². The van der Waals surface area contributed by atoms with E-state index in [1.165, 1.54) is 24.8 Å². The summed E-state index contributed by atoms with van der Waals surface area (Å²) in [6, 6.07) is 8.15. The predicted molar refractivity (Wildman–Crippen MR) is 78.6 cm³/mol. The monoisotopic (exact) mass is 272 g/mol. The lowest BCUT2D eigenvalue weighted by Gasteiger charge is -2.24. The quantitative estimate of drug-likeness (QED) is 0.924. The first-order valence-electron chi connectivity index (χ1n) is 7.25. The van der Waals surface area contributed by atoms with Gasteiger partial charge >= 0.3 is 0 Å². The maximum Gasteiger partial charge on any atom is 0.266 e. The number of benzene rings is 1. The second-order valence-corrected chi connectivity index (χ2v) is 5.18. The first kappa shape index (κ1) is 13.1. The number of rotatable bonds is 4. The van der Waals surface area contributed by atoms with Gasteiger partial charge in [0, 0.05) is 18.7 Å². The molecule has 1 saturated heterocycles. The zero-order valence-electron chi connectivity index (χ0n) is 11.6. The number of nitrogens with two attached hydrogens (primary N) is 1. The highest BCUT2D eigenvalue weighted by atomic mass is 16.5. The molecule has 3 rings (SSSR count). The van der Waals surface area contributed by atoms with Gasteiger partial charge in [-0.3, -0.25) is 0 Å². The van der Waals surface area contributed by atoms with E-state index in [9.17, 15) is 0 Å². The van der Waals surface area contributed by atoms with Crippen molar-refractivity contribution in [3.8, 4) is 11.5 Å². The normalized spacial score (nSPS) is 15.6. The fraction of sp³-hybridized carbons (Fsp3) is 0.467. The summed E-state index contributed by atoms with van der Waals surface area (Å²) in [6.07, 6.45) is 4.60. The molecule has 0 spiro atoms. The van der Waals surface area contributed by atoms with E-state index in [-0.39, 0.29) is 0 Å². The topological polar surface area (TPSA) is 68.2 Å². The van der Waals surface area contributed by atoms with E-state index in [0.717, 1.165) is 25.1 Å². The molecule has 1 aliphatic heterocycles. The fourth-order valence-electron chi connectivity index (χ4n) is 2.54. The average molecular weight is 272 g/mol. The van der Waals surface area contributed by atoms with Crippen LogP contribution in [0.3, 0.4) is 0 Å². The molecule has 20 heavy (non-hydrogen) atoms. The summed E-state index contributed by atoms with van der Waals surface area (Å²) in [5, 5.41) is 4.09. The van der Waals surface area contributed by atoms with Crippen LogP contribution in [0.4, 0.5) is 5.95 Å². The maximum atomic E-state index is 5.55. The highest BCUT2D eigenvalue weighted by Gasteiger charge is 2.17. The first-order chi connectivity index (χ1) is 9.86. The van der Waals surface area contributed by atoms with Crippen LogP contribution in [0.15, 0.2) is 28.8 Å². The Hall–Kier alpha value is -1.88. The van der Waals surface area contributed by atoms with Crippen LogP contribution in [0.25, 0.3) is 11.5 Å². The number of hydrogen-bond acceptors (Lipinski definition) is 5. The molecular weight excluding hydrogens is 252 g/mol. The van der Waals surface area contributed by atoms with Gasteiger partial charge in [-0.2, -0.15) is 4.98 Å². The van der Waals surface area contributed by atoms with E-state index in [2.05, 4.69) is 27.2 Å². The highest BCUT2D eigenvalue weighted by Crippen LogP contribution is 2.22. The molecule has 0 aliphatic carbocycles. The van der Waals surface area contributed by atoms with E-state index < -0.39 is 0 Å². The summed E-state index contributed by atoms with van der Waals surface area (Å²) in [5.74, 6) is 1.30. The van der Waals surface area contributed by atoms with Crippen molar-refractivity contribution in [2.24, 2.45) is 5.73 Å². The summed E-state index contributed by atoms with van der Waals surface area (Å²) in [7, 11) is 0. The van der Waals surface area contributed by atoms with Gasteiger partial charge < -0.3 is 15.2 Å². The van der Waals surface area contributed by atoms with Gasteiger partial charge in [-0.15, -0.1) is 0 Å². The van der Waals surface area contributed by atoms with Crippen molar-refractivity contribution in [3.63, 3.8) is 0 Å². The van der Waals surface area contributed by atoms with Crippen LogP contribution in [0, 0.1) is 0 Å². The molecule has 1 aromatic carbocycles. The molecule has 0 bridgehead atoms. The number of piperidine rings is 1. The molecule has 0 amide bonds. The SMILES string of the molecule is NCCc1ccc(-c2nc(N3CCCCC3)no2)cc1. The van der Waals surface area contributed by atoms with Crippen molar-refractivity contribution in [1.29, 1.82) is 0 Å². The highest BCUT2D eigenvalue weighted by molar-refractivity contribution is 5.55. The van der Waals surface area contributed by atoms with Gasteiger partial charge in [-0.1, -0.05) is 12.1 Å². The molecule has 106 valence electrons. The number of anilines is 1. The van der Waals surface area contributed by atoms with Gasteiger partial charge in [0.1, 0.15) is 0 Å². The molecule has 0 atom stereocenters. The molecule has 0 radical (unpaired) electrons. The zero-order valence-corrected chi connectivity index (χ0v) is 11.6. The third-order valence-corrected chi connectivity index (χ3v) is 3.69. The first-order valence-corrected chi connectivity index (χ1v) is 7.25. The summed E-state index contributed by atoms with van der Waals surface area (Å²) in [6.45, 7) is 2.71. The van der Waals surface area contributed by atoms with E-state index >= 15 is 0 Å². The Morgan fingerprint density at radius 1 is 1.10 bits per heavy atom. The average Bonchev–Trinajstić information content (AvgIpc) is 2.99. The Morgan fingerprint density at radius 2 is 1.85 bits per heavy atom. The Balaban J connectivity index is 1.75. The van der Waals surface area contributed by atoms with Crippen molar-refractivity contribution in [2.45, 2.75) is 25.7 Å². The summed E-state index contributed by atoms with van der Waals surface area (Å²) >= 11 is 0. The molecule has 1 aliphatic rings. The van der Waals surface area contributed by atoms with E-state index in [1.807, 2.05) is 12.1 Å². The minimum Gasteiger partial charge on any atom is -0.338 e. The van der Waals surface area contributed by atoms with Crippen molar-refractivity contribution in [2.75, 3.05) is 24.5 Å². The zero-order chi connectivity index (χ0) is 13.8. The van der Waals surface area contributed by atoms with Crippen LogP contribution in [0.2, 0.25) is 0 Å². The van der Waals surface area contributed by atoms with Crippen LogP contribution in [-0.2, 0) is 6.42 Å². The van der Waals surface area contributed by atoms with Crippen LogP contribution in [0.5, 0.6) is 0 Å². The van der Waals surface area contributed by atoms with Crippen molar-refractivity contribution < 1.29 is 4.52 Å². The van der Waals surface area contributed by atoms with Crippen LogP contribution < -0.4 is 10.6 Å². The fourth-order valence-corrected chi connectivity index (χ4v) is 2.54. The lowest BCUT2D eigenvalue weighted by atomic mass is 10.1. The van der Waals surface area contributed by atoms with Crippen LogP contribution >= 0.6 is 0 Å². The second-order valence-electron chi connectivity index (χ2n) is 5.18. The largest absolute Gasteiger partial charge is 0.338 e. The molecule has 1 aromatic heterocycles. The molecule has 2 aromatic rings. The maximum absolute atomic E-state index is 5.55. The van der Waals surface area contributed by atoms with E-state index in [4.69, 9.17) is 10.3 Å².